The number of allylic oxidation sites excluding steroid dienone is 1. The SMILES string of the molecule is COc1cc([N+](=O)[O-])ccc1N=N/C(C(=O)Nc1cc(C(=O)O)cc(C(=O)O)c1)=C(\C)O. The number of amides is 1. The van der Waals surface area contributed by atoms with Crippen molar-refractivity contribution < 1.29 is 39.4 Å². The Morgan fingerprint density at radius 3 is 2.09 bits per heavy atom. The van der Waals surface area contributed by atoms with E-state index in [1.165, 1.54) is 13.2 Å². The van der Waals surface area contributed by atoms with E-state index < -0.39 is 34.2 Å². The normalized spacial score (nSPS) is 11.6. The highest BCUT2D eigenvalue weighted by atomic mass is 16.6. The summed E-state index contributed by atoms with van der Waals surface area (Å²) in [7, 11) is 1.24. The molecule has 0 spiro atoms. The lowest BCUT2D eigenvalue weighted by molar-refractivity contribution is -0.384. The van der Waals surface area contributed by atoms with E-state index in [2.05, 4.69) is 15.5 Å². The first-order chi connectivity index (χ1) is 15.0. The molecule has 2 aromatic rings. The number of nitrogens with zero attached hydrogens (tertiary/aromatic N) is 3. The quantitative estimate of drug-likeness (QED) is 0.154. The lowest BCUT2D eigenvalue weighted by Gasteiger charge is -2.08. The molecule has 0 aliphatic heterocycles. The molecule has 4 N–H and O–H groups in total. The van der Waals surface area contributed by atoms with Crippen molar-refractivity contribution in [3.63, 3.8) is 0 Å². The van der Waals surface area contributed by atoms with E-state index >= 15 is 0 Å². The van der Waals surface area contributed by atoms with E-state index in [4.69, 9.17) is 14.9 Å². The molecule has 0 bridgehead atoms. The number of carbonyl (C=O) groups is 3. The Bertz CT molecular complexity index is 1140. The fraction of sp³-hybridized carbons (Fsp3) is 0.105. The average Bonchev–Trinajstić information content (AvgIpc) is 2.73. The molecule has 13 heteroatoms. The first kappa shape index (κ1) is 23.5. The van der Waals surface area contributed by atoms with Crippen LogP contribution in [-0.4, -0.2) is 45.2 Å². The molecule has 1 amide bonds. The van der Waals surface area contributed by atoms with Crippen LogP contribution in [0.25, 0.3) is 0 Å². The number of aliphatic hydroxyl groups is 1. The minimum absolute atomic E-state index is 0.0152. The van der Waals surface area contributed by atoms with E-state index in [0.29, 0.717) is 0 Å². The van der Waals surface area contributed by atoms with Gasteiger partial charge in [-0.15, -0.1) is 10.2 Å². The van der Waals surface area contributed by atoms with Crippen LogP contribution in [0.5, 0.6) is 5.75 Å². The number of carboxylic acid groups (broad SMARTS) is 2. The molecular weight excluding hydrogens is 428 g/mol. The van der Waals surface area contributed by atoms with E-state index in [1.54, 1.807) is 0 Å². The smallest absolute Gasteiger partial charge is 0.335 e. The van der Waals surface area contributed by atoms with E-state index in [0.717, 1.165) is 37.3 Å². The van der Waals surface area contributed by atoms with Crippen molar-refractivity contribution in [3.05, 3.63) is 69.1 Å². The Hall–Kier alpha value is -4.81. The van der Waals surface area contributed by atoms with Gasteiger partial charge in [-0.2, -0.15) is 0 Å². The summed E-state index contributed by atoms with van der Waals surface area (Å²) < 4.78 is 5.01. The maximum absolute atomic E-state index is 12.5. The maximum atomic E-state index is 12.5. The van der Waals surface area contributed by atoms with Crippen LogP contribution < -0.4 is 10.1 Å². The van der Waals surface area contributed by atoms with E-state index in [-0.39, 0.29) is 33.9 Å². The number of azo groups is 1. The molecule has 0 fully saturated rings. The van der Waals surface area contributed by atoms with Crippen molar-refractivity contribution in [2.45, 2.75) is 6.92 Å². The highest BCUT2D eigenvalue weighted by molar-refractivity contribution is 6.05. The molecule has 0 aliphatic rings. The molecular formula is C19H16N4O9. The Labute approximate surface area is 179 Å². The van der Waals surface area contributed by atoms with Gasteiger partial charge in [0.1, 0.15) is 11.4 Å². The lowest BCUT2D eigenvalue weighted by Crippen LogP contribution is -2.16. The van der Waals surface area contributed by atoms with Crippen molar-refractivity contribution in [3.8, 4) is 5.75 Å². The van der Waals surface area contributed by atoms with Crippen molar-refractivity contribution in [2.75, 3.05) is 12.4 Å². The van der Waals surface area contributed by atoms with Gasteiger partial charge in [0.25, 0.3) is 11.6 Å². The molecule has 0 saturated heterocycles. The Kier molecular flexibility index (Phi) is 7.18. The Balaban J connectivity index is 2.36. The molecule has 32 heavy (non-hydrogen) atoms. The molecule has 2 rings (SSSR count). The summed E-state index contributed by atoms with van der Waals surface area (Å²) in [4.78, 5) is 45.2. The largest absolute Gasteiger partial charge is 0.510 e. The number of hydrogen-bond acceptors (Lipinski definition) is 9. The summed E-state index contributed by atoms with van der Waals surface area (Å²) in [5.74, 6) is -4.42. The molecule has 0 saturated carbocycles. The number of nitrogens with one attached hydrogen (secondary N) is 1. The van der Waals surface area contributed by atoms with Gasteiger partial charge < -0.3 is 25.4 Å². The summed E-state index contributed by atoms with van der Waals surface area (Å²) in [6, 6.07) is 6.40. The highest BCUT2D eigenvalue weighted by Crippen LogP contribution is 2.32. The van der Waals surface area contributed by atoms with Gasteiger partial charge in [0, 0.05) is 11.8 Å². The predicted molar refractivity (Wildman–Crippen MR) is 108 cm³/mol. The molecule has 0 heterocycles. The molecule has 0 aromatic heterocycles. The van der Waals surface area contributed by atoms with Gasteiger partial charge in [-0.1, -0.05) is 0 Å². The number of nitro benzene ring substituents is 1. The number of anilines is 1. The van der Waals surface area contributed by atoms with Crippen LogP contribution in [0.15, 0.2) is 58.1 Å². The summed E-state index contributed by atoms with van der Waals surface area (Å²) in [6.07, 6.45) is 0. The Morgan fingerprint density at radius 2 is 1.62 bits per heavy atom. The number of carboxylic acids is 2. The van der Waals surface area contributed by atoms with Crippen LogP contribution >= 0.6 is 0 Å². The van der Waals surface area contributed by atoms with Crippen LogP contribution in [0.1, 0.15) is 27.6 Å². The second-order valence-electron chi connectivity index (χ2n) is 6.11. The summed E-state index contributed by atoms with van der Waals surface area (Å²) >= 11 is 0. The first-order valence-corrected chi connectivity index (χ1v) is 8.60. The van der Waals surface area contributed by atoms with Crippen LogP contribution in [0.3, 0.4) is 0 Å². The van der Waals surface area contributed by atoms with Crippen molar-refractivity contribution in [2.24, 2.45) is 10.2 Å². The van der Waals surface area contributed by atoms with Gasteiger partial charge in [0.05, 0.1) is 29.2 Å². The van der Waals surface area contributed by atoms with Crippen molar-refractivity contribution in [1.29, 1.82) is 0 Å². The number of nitro groups is 1. The second kappa shape index (κ2) is 9.80. The third-order valence-corrected chi connectivity index (χ3v) is 3.87. The molecule has 0 aliphatic carbocycles. The lowest BCUT2D eigenvalue weighted by atomic mass is 10.1. The number of non-ortho nitro benzene ring substituents is 1. The number of aliphatic hydroxyl groups excluding tert-OH is 1. The number of carbonyl (C=O) groups excluding carboxylic acids is 1. The zero-order valence-corrected chi connectivity index (χ0v) is 16.6. The number of ether oxygens (including phenoxy) is 1. The minimum Gasteiger partial charge on any atom is -0.510 e. The molecule has 13 nitrogen and oxygen atoms in total. The molecule has 2 aromatic carbocycles. The first-order valence-electron chi connectivity index (χ1n) is 8.60. The topological polar surface area (TPSA) is 201 Å². The second-order valence-corrected chi connectivity index (χ2v) is 6.11. The van der Waals surface area contributed by atoms with Crippen LogP contribution in [0, 0.1) is 10.1 Å². The number of aromatic carboxylic acids is 2. The van der Waals surface area contributed by atoms with Gasteiger partial charge in [-0.25, -0.2) is 9.59 Å². The average molecular weight is 444 g/mol. The van der Waals surface area contributed by atoms with Gasteiger partial charge >= 0.3 is 11.9 Å². The molecule has 0 atom stereocenters. The fourth-order valence-corrected chi connectivity index (χ4v) is 2.39. The Morgan fingerprint density at radius 1 is 1.03 bits per heavy atom. The molecule has 0 unspecified atom stereocenters. The number of hydrogen-bond donors (Lipinski definition) is 4. The molecule has 0 radical (unpaired) electrons. The number of benzene rings is 2. The minimum atomic E-state index is -1.41. The van der Waals surface area contributed by atoms with Crippen molar-refractivity contribution >= 4 is 34.9 Å². The predicted octanol–water partition coefficient (Wildman–Crippen LogP) is 3.51. The van der Waals surface area contributed by atoms with Gasteiger partial charge in [0.2, 0.25) is 0 Å². The maximum Gasteiger partial charge on any atom is 0.335 e. The van der Waals surface area contributed by atoms with Gasteiger partial charge in [0.15, 0.2) is 11.4 Å². The zero-order chi connectivity index (χ0) is 24.0. The fourth-order valence-electron chi connectivity index (χ4n) is 2.39. The zero-order valence-electron chi connectivity index (χ0n) is 16.6. The van der Waals surface area contributed by atoms with E-state index in [1.807, 2.05) is 0 Å². The molecule has 166 valence electrons. The monoisotopic (exact) mass is 444 g/mol. The van der Waals surface area contributed by atoms with Crippen LogP contribution in [-0.2, 0) is 4.79 Å². The third-order valence-electron chi connectivity index (χ3n) is 3.87. The highest BCUT2D eigenvalue weighted by Gasteiger charge is 2.18. The summed E-state index contributed by atoms with van der Waals surface area (Å²) in [6.45, 7) is 1.14. The standard InChI is InChI=1S/C19H16N4O9/c1-9(24)16(22-21-14-4-3-13(23(30)31)8-15(14)32-2)17(25)20-12-6-10(18(26)27)5-11(7-12)19(28)29/h3-8,24H,1-2H3,(H,20,25)(H,26,27)(H,28,29)/b16-9+,22-21?. The van der Waals surface area contributed by atoms with Crippen LogP contribution in [0.4, 0.5) is 17.1 Å². The number of rotatable bonds is 8. The van der Waals surface area contributed by atoms with Gasteiger partial charge in [-0.05, 0) is 31.2 Å². The third kappa shape index (κ3) is 5.63. The van der Waals surface area contributed by atoms with Crippen molar-refractivity contribution in [1.82, 2.24) is 0 Å². The van der Waals surface area contributed by atoms with Gasteiger partial charge in [-0.3, -0.25) is 14.9 Å². The van der Waals surface area contributed by atoms with E-state index in [9.17, 15) is 29.6 Å². The number of methoxy groups -OCH3 is 1. The summed E-state index contributed by atoms with van der Waals surface area (Å²) in [5.41, 5.74) is -1.77. The van der Waals surface area contributed by atoms with Crippen LogP contribution in [0.2, 0.25) is 0 Å². The summed E-state index contributed by atoms with van der Waals surface area (Å²) in [5, 5.41) is 48.6.